The summed E-state index contributed by atoms with van der Waals surface area (Å²) in [6.45, 7) is 2.68. The standard InChI is InChI=1S/C14H19N3O4/c1-9(8-18)3-2-4-15-12-7-11-10(6-14(19)16-11)5-13(12)17(20)21/h5,7,9,15,18H,2-4,6,8H2,1H3,(H,16,19). The third-order valence-electron chi connectivity index (χ3n) is 3.54. The monoisotopic (exact) mass is 293 g/mol. The molecule has 3 N–H and O–H groups in total. The molecule has 21 heavy (non-hydrogen) atoms. The summed E-state index contributed by atoms with van der Waals surface area (Å²) in [6.07, 6.45) is 1.84. The Morgan fingerprint density at radius 2 is 2.29 bits per heavy atom. The van der Waals surface area contributed by atoms with Crippen molar-refractivity contribution in [2.75, 3.05) is 23.8 Å². The fraction of sp³-hybridized carbons (Fsp3) is 0.500. The number of carbonyl (C=O) groups is 1. The summed E-state index contributed by atoms with van der Waals surface area (Å²) < 4.78 is 0. The third-order valence-corrected chi connectivity index (χ3v) is 3.54. The number of rotatable bonds is 7. The summed E-state index contributed by atoms with van der Waals surface area (Å²) in [5.74, 6) is 0.0781. The first-order valence-corrected chi connectivity index (χ1v) is 6.97. The highest BCUT2D eigenvalue weighted by Gasteiger charge is 2.24. The molecule has 0 bridgehead atoms. The molecule has 1 unspecified atom stereocenters. The molecule has 1 aromatic carbocycles. The number of aliphatic hydroxyl groups excluding tert-OH is 1. The Labute approximate surface area is 122 Å². The van der Waals surface area contributed by atoms with Gasteiger partial charge in [-0.05, 0) is 30.4 Å². The normalized spacial score (nSPS) is 14.5. The van der Waals surface area contributed by atoms with Gasteiger partial charge in [0, 0.05) is 24.9 Å². The molecule has 0 radical (unpaired) electrons. The van der Waals surface area contributed by atoms with Gasteiger partial charge < -0.3 is 15.7 Å². The van der Waals surface area contributed by atoms with E-state index in [0.29, 0.717) is 23.5 Å². The van der Waals surface area contributed by atoms with Crippen LogP contribution in [0.15, 0.2) is 12.1 Å². The summed E-state index contributed by atoms with van der Waals surface area (Å²) in [6, 6.07) is 3.07. The molecule has 2 rings (SSSR count). The number of hydrogen-bond donors (Lipinski definition) is 3. The average Bonchev–Trinajstić information content (AvgIpc) is 2.81. The van der Waals surface area contributed by atoms with Gasteiger partial charge in [-0.3, -0.25) is 14.9 Å². The van der Waals surface area contributed by atoms with Crippen molar-refractivity contribution in [3.05, 3.63) is 27.8 Å². The molecule has 0 spiro atoms. The van der Waals surface area contributed by atoms with Crippen molar-refractivity contribution in [1.82, 2.24) is 0 Å². The lowest BCUT2D eigenvalue weighted by molar-refractivity contribution is -0.384. The second kappa shape index (κ2) is 6.53. The molecule has 1 aliphatic rings. The van der Waals surface area contributed by atoms with E-state index in [-0.39, 0.29) is 30.5 Å². The number of nitro benzene ring substituents is 1. The maximum absolute atomic E-state index is 11.3. The first-order valence-electron chi connectivity index (χ1n) is 6.97. The summed E-state index contributed by atoms with van der Waals surface area (Å²) in [5.41, 5.74) is 1.70. The van der Waals surface area contributed by atoms with E-state index in [9.17, 15) is 14.9 Å². The molecule has 0 fully saturated rings. The van der Waals surface area contributed by atoms with Gasteiger partial charge in [0.25, 0.3) is 5.69 Å². The van der Waals surface area contributed by atoms with Crippen LogP contribution < -0.4 is 10.6 Å². The number of benzene rings is 1. The summed E-state index contributed by atoms with van der Waals surface area (Å²) >= 11 is 0. The molecule has 7 heteroatoms. The molecule has 7 nitrogen and oxygen atoms in total. The van der Waals surface area contributed by atoms with Crippen LogP contribution in [0.25, 0.3) is 0 Å². The highest BCUT2D eigenvalue weighted by Crippen LogP contribution is 2.34. The first kappa shape index (κ1) is 15.2. The lowest BCUT2D eigenvalue weighted by atomic mass is 10.1. The van der Waals surface area contributed by atoms with Gasteiger partial charge in [0.2, 0.25) is 5.91 Å². The van der Waals surface area contributed by atoms with Gasteiger partial charge in [0.05, 0.1) is 11.3 Å². The summed E-state index contributed by atoms with van der Waals surface area (Å²) in [4.78, 5) is 22.0. The van der Waals surface area contributed by atoms with Crippen molar-refractivity contribution >= 4 is 23.0 Å². The smallest absolute Gasteiger partial charge is 0.292 e. The SMILES string of the molecule is CC(CO)CCCNc1cc2c(cc1[N+](=O)[O-])CC(=O)N2. The van der Waals surface area contributed by atoms with Gasteiger partial charge in [0.15, 0.2) is 0 Å². The molecule has 1 aliphatic heterocycles. The maximum atomic E-state index is 11.3. The molecule has 0 aliphatic carbocycles. The third kappa shape index (κ3) is 3.69. The predicted molar refractivity (Wildman–Crippen MR) is 79.4 cm³/mol. The Morgan fingerprint density at radius 1 is 1.52 bits per heavy atom. The van der Waals surface area contributed by atoms with Crippen molar-refractivity contribution in [3.63, 3.8) is 0 Å². The van der Waals surface area contributed by atoms with Gasteiger partial charge in [-0.25, -0.2) is 0 Å². The van der Waals surface area contributed by atoms with E-state index >= 15 is 0 Å². The van der Waals surface area contributed by atoms with Crippen LogP contribution in [0.2, 0.25) is 0 Å². The van der Waals surface area contributed by atoms with E-state index in [1.165, 1.54) is 6.07 Å². The van der Waals surface area contributed by atoms with E-state index in [1.807, 2.05) is 6.92 Å². The van der Waals surface area contributed by atoms with Crippen molar-refractivity contribution in [2.45, 2.75) is 26.2 Å². The number of hydrogen-bond acceptors (Lipinski definition) is 5. The number of amides is 1. The molecular formula is C14H19N3O4. The molecule has 1 aromatic rings. The van der Waals surface area contributed by atoms with Crippen molar-refractivity contribution in [2.24, 2.45) is 5.92 Å². The van der Waals surface area contributed by atoms with E-state index in [2.05, 4.69) is 10.6 Å². The topological polar surface area (TPSA) is 104 Å². The Bertz CT molecular complexity index is 559. The number of aliphatic hydroxyl groups is 1. The Morgan fingerprint density at radius 3 is 2.95 bits per heavy atom. The van der Waals surface area contributed by atoms with Crippen molar-refractivity contribution in [1.29, 1.82) is 0 Å². The minimum atomic E-state index is -0.443. The first-order chi connectivity index (χ1) is 10.0. The second-order valence-electron chi connectivity index (χ2n) is 5.37. The van der Waals surface area contributed by atoms with Crippen LogP contribution in [0.1, 0.15) is 25.3 Å². The van der Waals surface area contributed by atoms with Crippen molar-refractivity contribution in [3.8, 4) is 0 Å². The van der Waals surface area contributed by atoms with Gasteiger partial charge in [0.1, 0.15) is 5.69 Å². The van der Waals surface area contributed by atoms with Crippen LogP contribution in [0.4, 0.5) is 17.1 Å². The molecule has 1 atom stereocenters. The number of nitrogens with one attached hydrogen (secondary N) is 2. The number of fused-ring (bicyclic) bond motifs is 1. The summed E-state index contributed by atoms with van der Waals surface area (Å²) in [7, 11) is 0. The number of anilines is 2. The lowest BCUT2D eigenvalue weighted by Gasteiger charge is -2.11. The van der Waals surface area contributed by atoms with E-state index < -0.39 is 4.92 Å². The quantitative estimate of drug-likeness (QED) is 0.404. The Hall–Kier alpha value is -2.15. The van der Waals surface area contributed by atoms with Crippen LogP contribution in [0.5, 0.6) is 0 Å². The van der Waals surface area contributed by atoms with E-state index in [0.717, 1.165) is 12.8 Å². The largest absolute Gasteiger partial charge is 0.396 e. The van der Waals surface area contributed by atoms with Gasteiger partial charge in [-0.1, -0.05) is 6.92 Å². The minimum absolute atomic E-state index is 0.0135. The Balaban J connectivity index is 2.06. The zero-order chi connectivity index (χ0) is 15.4. The average molecular weight is 293 g/mol. The highest BCUT2D eigenvalue weighted by atomic mass is 16.6. The molecule has 1 heterocycles. The lowest BCUT2D eigenvalue weighted by Crippen LogP contribution is -2.08. The maximum Gasteiger partial charge on any atom is 0.292 e. The van der Waals surface area contributed by atoms with Crippen LogP contribution in [-0.4, -0.2) is 29.1 Å². The molecule has 0 aromatic heterocycles. The van der Waals surface area contributed by atoms with Crippen LogP contribution in [-0.2, 0) is 11.2 Å². The van der Waals surface area contributed by atoms with Crippen LogP contribution in [0, 0.1) is 16.0 Å². The number of carbonyl (C=O) groups excluding carboxylic acids is 1. The fourth-order valence-corrected chi connectivity index (χ4v) is 2.32. The Kier molecular flexibility index (Phi) is 4.74. The zero-order valence-electron chi connectivity index (χ0n) is 11.9. The van der Waals surface area contributed by atoms with Gasteiger partial charge >= 0.3 is 0 Å². The molecule has 0 saturated carbocycles. The molecule has 114 valence electrons. The van der Waals surface area contributed by atoms with E-state index in [4.69, 9.17) is 5.11 Å². The second-order valence-corrected chi connectivity index (χ2v) is 5.37. The van der Waals surface area contributed by atoms with Gasteiger partial charge in [-0.2, -0.15) is 0 Å². The minimum Gasteiger partial charge on any atom is -0.396 e. The molecule has 1 amide bonds. The van der Waals surface area contributed by atoms with Crippen molar-refractivity contribution < 1.29 is 14.8 Å². The summed E-state index contributed by atoms with van der Waals surface area (Å²) in [5, 5.41) is 25.8. The molecule has 0 saturated heterocycles. The van der Waals surface area contributed by atoms with Crippen LogP contribution >= 0.6 is 0 Å². The van der Waals surface area contributed by atoms with Gasteiger partial charge in [-0.15, -0.1) is 0 Å². The number of nitro groups is 1. The highest BCUT2D eigenvalue weighted by molar-refractivity contribution is 6.00. The molecular weight excluding hydrogens is 274 g/mol. The van der Waals surface area contributed by atoms with E-state index in [1.54, 1.807) is 6.07 Å². The number of nitrogens with zero attached hydrogens (tertiary/aromatic N) is 1. The van der Waals surface area contributed by atoms with Crippen LogP contribution in [0.3, 0.4) is 0 Å². The zero-order valence-corrected chi connectivity index (χ0v) is 11.9. The predicted octanol–water partition coefficient (Wildman–Crippen LogP) is 1.91. The fourth-order valence-electron chi connectivity index (χ4n) is 2.32.